The van der Waals surface area contributed by atoms with Gasteiger partial charge in [-0.1, -0.05) is 6.92 Å². The van der Waals surface area contributed by atoms with Gasteiger partial charge in [-0.25, -0.2) is 8.42 Å². The summed E-state index contributed by atoms with van der Waals surface area (Å²) in [7, 11) is -3.46. The molecule has 24 heavy (non-hydrogen) atoms. The molecule has 132 valence electrons. The number of rotatable bonds is 4. The van der Waals surface area contributed by atoms with Gasteiger partial charge in [-0.05, 0) is 43.7 Å². The molecule has 6 nitrogen and oxygen atoms in total. The third kappa shape index (κ3) is 3.08. The molecule has 1 aromatic carbocycles. The lowest BCUT2D eigenvalue weighted by Crippen LogP contribution is -2.48. The van der Waals surface area contributed by atoms with Crippen molar-refractivity contribution in [3.63, 3.8) is 0 Å². The molecule has 0 unspecified atom stereocenters. The molecule has 0 radical (unpaired) electrons. The van der Waals surface area contributed by atoms with E-state index in [4.69, 9.17) is 0 Å². The van der Waals surface area contributed by atoms with Gasteiger partial charge in [0, 0.05) is 44.8 Å². The van der Waals surface area contributed by atoms with Gasteiger partial charge >= 0.3 is 0 Å². The van der Waals surface area contributed by atoms with E-state index < -0.39 is 10.0 Å². The molecule has 1 fully saturated rings. The van der Waals surface area contributed by atoms with Crippen molar-refractivity contribution in [2.45, 2.75) is 31.6 Å². The first-order valence-electron chi connectivity index (χ1n) is 8.63. The maximum Gasteiger partial charge on any atom is 0.243 e. The van der Waals surface area contributed by atoms with Crippen LogP contribution in [0.2, 0.25) is 0 Å². The molecule has 2 aliphatic heterocycles. The summed E-state index contributed by atoms with van der Waals surface area (Å²) in [5.74, 6) is 0.108. The van der Waals surface area contributed by atoms with E-state index in [1.807, 2.05) is 6.92 Å². The van der Waals surface area contributed by atoms with Crippen molar-refractivity contribution < 1.29 is 13.2 Å². The van der Waals surface area contributed by atoms with E-state index in [9.17, 15) is 13.2 Å². The van der Waals surface area contributed by atoms with Crippen LogP contribution in [-0.4, -0.2) is 62.8 Å². The molecule has 1 amide bonds. The Hall–Kier alpha value is -1.44. The minimum Gasteiger partial charge on any atom is -0.312 e. The standard InChI is InChI=1S/C17H25N3O3S/c1-3-18-9-11-19(12-10-18)24(22,23)15-6-7-16-14(13-15)5-8-17(21)20(16)4-2/h6-7,13H,3-5,8-12H2,1-2H3. The van der Waals surface area contributed by atoms with Crippen LogP contribution in [0, 0.1) is 0 Å². The molecule has 0 aromatic heterocycles. The lowest BCUT2D eigenvalue weighted by Gasteiger charge is -2.33. The van der Waals surface area contributed by atoms with E-state index >= 15 is 0 Å². The molecular formula is C17H25N3O3S. The molecule has 0 saturated carbocycles. The largest absolute Gasteiger partial charge is 0.312 e. The molecule has 0 aliphatic carbocycles. The molecule has 0 bridgehead atoms. The van der Waals surface area contributed by atoms with E-state index in [2.05, 4.69) is 11.8 Å². The Morgan fingerprint density at radius 3 is 2.33 bits per heavy atom. The SMILES string of the molecule is CCN1CCN(S(=O)(=O)c2ccc3c(c2)CCC(=O)N3CC)CC1. The van der Waals surface area contributed by atoms with Crippen molar-refractivity contribution in [1.82, 2.24) is 9.21 Å². The summed E-state index contributed by atoms with van der Waals surface area (Å²) in [5.41, 5.74) is 1.80. The van der Waals surface area contributed by atoms with Crippen LogP contribution < -0.4 is 4.90 Å². The number of fused-ring (bicyclic) bond motifs is 1. The molecule has 7 heteroatoms. The smallest absolute Gasteiger partial charge is 0.243 e. The van der Waals surface area contributed by atoms with E-state index in [-0.39, 0.29) is 5.91 Å². The average Bonchev–Trinajstić information content (AvgIpc) is 2.61. The minimum atomic E-state index is -3.46. The predicted octanol–water partition coefficient (Wildman–Crippen LogP) is 1.31. The molecule has 1 saturated heterocycles. The first-order chi connectivity index (χ1) is 11.5. The van der Waals surface area contributed by atoms with Crippen LogP contribution >= 0.6 is 0 Å². The zero-order chi connectivity index (χ0) is 17.3. The fourth-order valence-electron chi connectivity index (χ4n) is 3.48. The quantitative estimate of drug-likeness (QED) is 0.821. The number of nitrogens with zero attached hydrogens (tertiary/aromatic N) is 3. The number of amides is 1. The molecule has 2 aliphatic rings. The van der Waals surface area contributed by atoms with Gasteiger partial charge in [0.05, 0.1) is 4.90 Å². The van der Waals surface area contributed by atoms with Crippen molar-refractivity contribution in [2.75, 3.05) is 44.2 Å². The van der Waals surface area contributed by atoms with E-state index in [1.54, 1.807) is 27.4 Å². The number of hydrogen-bond donors (Lipinski definition) is 0. The first-order valence-corrected chi connectivity index (χ1v) is 10.1. The number of aryl methyl sites for hydroxylation is 1. The van der Waals surface area contributed by atoms with Crippen molar-refractivity contribution >= 4 is 21.6 Å². The van der Waals surface area contributed by atoms with Gasteiger partial charge in [0.2, 0.25) is 15.9 Å². The first kappa shape index (κ1) is 17.4. The number of likely N-dealkylation sites (N-methyl/N-ethyl adjacent to an activating group) is 1. The molecule has 0 spiro atoms. The Labute approximate surface area is 144 Å². The van der Waals surface area contributed by atoms with Gasteiger partial charge in [-0.2, -0.15) is 4.31 Å². The monoisotopic (exact) mass is 351 g/mol. The highest BCUT2D eigenvalue weighted by atomic mass is 32.2. The van der Waals surface area contributed by atoms with Crippen molar-refractivity contribution in [3.8, 4) is 0 Å². The fourth-order valence-corrected chi connectivity index (χ4v) is 4.95. The van der Waals surface area contributed by atoms with Crippen LogP contribution in [0.4, 0.5) is 5.69 Å². The second kappa shape index (κ2) is 6.82. The van der Waals surface area contributed by atoms with Gasteiger partial charge < -0.3 is 9.80 Å². The molecular weight excluding hydrogens is 326 g/mol. The highest BCUT2D eigenvalue weighted by Crippen LogP contribution is 2.31. The predicted molar refractivity (Wildman–Crippen MR) is 93.7 cm³/mol. The van der Waals surface area contributed by atoms with Crippen LogP contribution in [0.5, 0.6) is 0 Å². The Kier molecular flexibility index (Phi) is 4.94. The zero-order valence-electron chi connectivity index (χ0n) is 14.4. The third-order valence-corrected chi connectivity index (χ3v) is 6.88. The van der Waals surface area contributed by atoms with E-state index in [1.165, 1.54) is 0 Å². The average molecular weight is 351 g/mol. The van der Waals surface area contributed by atoms with Gasteiger partial charge in [0.25, 0.3) is 0 Å². The number of sulfonamides is 1. The van der Waals surface area contributed by atoms with Gasteiger partial charge in [0.15, 0.2) is 0 Å². The topological polar surface area (TPSA) is 60.9 Å². The number of carbonyl (C=O) groups excluding carboxylic acids is 1. The summed E-state index contributed by atoms with van der Waals surface area (Å²) in [6, 6.07) is 5.18. The number of benzene rings is 1. The Morgan fingerprint density at radius 2 is 1.71 bits per heavy atom. The zero-order valence-corrected chi connectivity index (χ0v) is 15.2. The summed E-state index contributed by atoms with van der Waals surface area (Å²) >= 11 is 0. The Morgan fingerprint density at radius 1 is 1.00 bits per heavy atom. The van der Waals surface area contributed by atoms with Gasteiger partial charge in [-0.3, -0.25) is 4.79 Å². The second-order valence-corrected chi connectivity index (χ2v) is 8.20. The lowest BCUT2D eigenvalue weighted by atomic mass is 10.0. The van der Waals surface area contributed by atoms with Crippen LogP contribution in [-0.2, 0) is 21.2 Å². The van der Waals surface area contributed by atoms with E-state index in [0.717, 1.165) is 30.9 Å². The minimum absolute atomic E-state index is 0.108. The molecule has 0 N–H and O–H groups in total. The fraction of sp³-hybridized carbons (Fsp3) is 0.588. The molecule has 1 aromatic rings. The number of piperazine rings is 1. The summed E-state index contributed by atoms with van der Waals surface area (Å²) in [6.45, 7) is 8.21. The Bertz CT molecular complexity index is 725. The van der Waals surface area contributed by atoms with Crippen LogP contribution in [0.15, 0.2) is 23.1 Å². The Balaban J connectivity index is 1.86. The van der Waals surface area contributed by atoms with Crippen molar-refractivity contribution in [1.29, 1.82) is 0 Å². The number of anilines is 1. The molecule has 2 heterocycles. The molecule has 0 atom stereocenters. The van der Waals surface area contributed by atoms with Crippen LogP contribution in [0.3, 0.4) is 0 Å². The van der Waals surface area contributed by atoms with Crippen LogP contribution in [0.1, 0.15) is 25.8 Å². The van der Waals surface area contributed by atoms with Crippen molar-refractivity contribution in [2.24, 2.45) is 0 Å². The third-order valence-electron chi connectivity index (χ3n) is 4.98. The highest BCUT2D eigenvalue weighted by molar-refractivity contribution is 7.89. The van der Waals surface area contributed by atoms with Gasteiger partial charge in [0.1, 0.15) is 0 Å². The normalized spacial score (nSPS) is 20.2. The van der Waals surface area contributed by atoms with Crippen LogP contribution in [0.25, 0.3) is 0 Å². The summed E-state index contributed by atoms with van der Waals surface area (Å²) < 4.78 is 27.4. The number of hydrogen-bond acceptors (Lipinski definition) is 4. The maximum atomic E-state index is 12.9. The lowest BCUT2D eigenvalue weighted by molar-refractivity contribution is -0.118. The summed E-state index contributed by atoms with van der Waals surface area (Å²) in [4.78, 5) is 16.3. The molecule has 3 rings (SSSR count). The second-order valence-electron chi connectivity index (χ2n) is 6.27. The highest BCUT2D eigenvalue weighted by Gasteiger charge is 2.30. The van der Waals surface area contributed by atoms with Gasteiger partial charge in [-0.15, -0.1) is 0 Å². The summed E-state index contributed by atoms with van der Waals surface area (Å²) in [5, 5.41) is 0. The maximum absolute atomic E-state index is 12.9. The number of carbonyl (C=O) groups is 1. The van der Waals surface area contributed by atoms with E-state index in [0.29, 0.717) is 37.4 Å². The van der Waals surface area contributed by atoms with Crippen molar-refractivity contribution in [3.05, 3.63) is 23.8 Å². The summed E-state index contributed by atoms with van der Waals surface area (Å²) in [6.07, 6.45) is 1.05.